The summed E-state index contributed by atoms with van der Waals surface area (Å²) >= 11 is 0. The lowest BCUT2D eigenvalue weighted by Gasteiger charge is -2.30. The van der Waals surface area contributed by atoms with E-state index < -0.39 is 20.2 Å². The van der Waals surface area contributed by atoms with Gasteiger partial charge < -0.3 is 8.97 Å². The van der Waals surface area contributed by atoms with Gasteiger partial charge in [0.15, 0.2) is 0 Å². The van der Waals surface area contributed by atoms with Crippen molar-refractivity contribution in [1.82, 2.24) is 0 Å². The molecule has 0 spiro atoms. The van der Waals surface area contributed by atoms with Crippen molar-refractivity contribution >= 4 is 41.8 Å². The molecule has 0 aliphatic carbocycles. The van der Waals surface area contributed by atoms with Gasteiger partial charge in [0.2, 0.25) is 0 Å². The van der Waals surface area contributed by atoms with E-state index in [0.29, 0.717) is 34.9 Å². The van der Waals surface area contributed by atoms with Crippen LogP contribution in [0.2, 0.25) is 0 Å². The highest BCUT2D eigenvalue weighted by atomic mass is 33.1. The zero-order valence-electron chi connectivity index (χ0n) is 16.1. The van der Waals surface area contributed by atoms with Crippen molar-refractivity contribution in [2.75, 3.05) is 77.4 Å². The highest BCUT2D eigenvalue weighted by molar-refractivity contribution is 8.76. The Labute approximate surface area is 166 Å². The first kappa shape index (κ1) is 26.4. The topological polar surface area (TPSA) is 109 Å². The SMILES string of the molecule is C[N+](C)(CCCS(=O)(=O)O)CCSSCC[N+](C)(C)CCCS(=O)(=O)O. The molecular weight excluding hydrogens is 420 g/mol. The molecule has 0 aromatic heterocycles. The van der Waals surface area contributed by atoms with Gasteiger partial charge in [-0.05, 0) is 0 Å². The molecule has 0 bridgehead atoms. The van der Waals surface area contributed by atoms with Gasteiger partial charge >= 0.3 is 0 Å². The van der Waals surface area contributed by atoms with E-state index in [-0.39, 0.29) is 11.5 Å². The molecule has 0 atom stereocenters. The van der Waals surface area contributed by atoms with E-state index in [9.17, 15) is 16.8 Å². The summed E-state index contributed by atoms with van der Waals surface area (Å²) in [5.74, 6) is 1.50. The third-order valence-corrected chi connectivity index (χ3v) is 7.95. The molecule has 158 valence electrons. The van der Waals surface area contributed by atoms with Gasteiger partial charge in [-0.25, -0.2) is 0 Å². The van der Waals surface area contributed by atoms with Crippen LogP contribution in [0.1, 0.15) is 12.8 Å². The first-order chi connectivity index (χ1) is 11.6. The zero-order chi connectivity index (χ0) is 20.5. The Hall–Kier alpha value is 0.440. The number of quaternary nitrogens is 2. The molecule has 0 radical (unpaired) electrons. The fraction of sp³-hybridized carbons (Fsp3) is 1.00. The maximum Gasteiger partial charge on any atom is 0.265 e. The Morgan fingerprint density at radius 1 is 0.654 bits per heavy atom. The Kier molecular flexibility index (Phi) is 11.6. The summed E-state index contributed by atoms with van der Waals surface area (Å²) in [4.78, 5) is 0. The fourth-order valence-electron chi connectivity index (χ4n) is 2.26. The number of hydrogen-bond donors (Lipinski definition) is 2. The van der Waals surface area contributed by atoms with Gasteiger partial charge in [-0.1, -0.05) is 21.6 Å². The van der Waals surface area contributed by atoms with Crippen LogP contribution in [0.3, 0.4) is 0 Å². The first-order valence-electron chi connectivity index (χ1n) is 8.41. The third kappa shape index (κ3) is 17.8. The lowest BCUT2D eigenvalue weighted by molar-refractivity contribution is -0.887. The molecule has 0 unspecified atom stereocenters. The Morgan fingerprint density at radius 2 is 0.962 bits per heavy atom. The molecule has 8 nitrogen and oxygen atoms in total. The maximum atomic E-state index is 10.7. The highest BCUT2D eigenvalue weighted by Crippen LogP contribution is 2.22. The monoisotopic (exact) mass is 454 g/mol. The minimum atomic E-state index is -3.88. The molecule has 0 heterocycles. The maximum absolute atomic E-state index is 10.7. The summed E-state index contributed by atoms with van der Waals surface area (Å²) in [6.07, 6.45) is 0.887. The minimum Gasteiger partial charge on any atom is -0.328 e. The second-order valence-electron chi connectivity index (χ2n) is 7.69. The predicted octanol–water partition coefficient (Wildman–Crippen LogP) is 1.08. The van der Waals surface area contributed by atoms with E-state index in [4.69, 9.17) is 9.11 Å². The number of nitrogens with zero attached hydrogens (tertiary/aromatic N) is 2. The molecule has 0 saturated heterocycles. The first-order valence-corrected chi connectivity index (χ1v) is 14.1. The summed E-state index contributed by atoms with van der Waals surface area (Å²) in [7, 11) is 3.98. The number of hydrogen-bond acceptors (Lipinski definition) is 6. The van der Waals surface area contributed by atoms with Gasteiger partial charge in [0.1, 0.15) is 0 Å². The van der Waals surface area contributed by atoms with E-state index in [1.807, 2.05) is 28.2 Å². The largest absolute Gasteiger partial charge is 0.328 e. The third-order valence-electron chi connectivity index (χ3n) is 3.97. The number of rotatable bonds is 15. The van der Waals surface area contributed by atoms with E-state index >= 15 is 0 Å². The summed E-state index contributed by atoms with van der Waals surface area (Å²) in [5.41, 5.74) is 0. The fourth-order valence-corrected chi connectivity index (χ4v) is 5.78. The minimum absolute atomic E-state index is 0.193. The summed E-state index contributed by atoms with van der Waals surface area (Å²) in [6, 6.07) is 0. The van der Waals surface area contributed by atoms with Gasteiger partial charge in [0.25, 0.3) is 20.2 Å². The normalized spacial score (nSPS) is 13.9. The van der Waals surface area contributed by atoms with Crippen LogP contribution in [-0.4, -0.2) is 112 Å². The summed E-state index contributed by atoms with van der Waals surface area (Å²) < 4.78 is 61.9. The Balaban J connectivity index is 3.84. The van der Waals surface area contributed by atoms with E-state index in [1.54, 1.807) is 21.6 Å². The molecule has 0 fully saturated rings. The van der Waals surface area contributed by atoms with Crippen molar-refractivity contribution in [3.05, 3.63) is 0 Å². The van der Waals surface area contributed by atoms with Crippen LogP contribution in [0, 0.1) is 0 Å². The molecule has 0 saturated carbocycles. The molecule has 2 N–H and O–H groups in total. The molecular formula is C14H34N2O6S4+2. The second kappa shape index (κ2) is 11.4. The van der Waals surface area contributed by atoms with Crippen molar-refractivity contribution in [2.24, 2.45) is 0 Å². The average Bonchev–Trinajstić information content (AvgIpc) is 2.39. The predicted molar refractivity (Wildman–Crippen MR) is 111 cm³/mol. The lowest BCUT2D eigenvalue weighted by atomic mass is 10.4. The Bertz CT molecular complexity index is 551. The lowest BCUT2D eigenvalue weighted by Crippen LogP contribution is -2.43. The van der Waals surface area contributed by atoms with Gasteiger partial charge in [-0.2, -0.15) is 16.8 Å². The van der Waals surface area contributed by atoms with Crippen LogP contribution in [0.15, 0.2) is 0 Å². The van der Waals surface area contributed by atoms with Crippen LogP contribution >= 0.6 is 21.6 Å². The molecule has 0 rings (SSSR count). The molecule has 26 heavy (non-hydrogen) atoms. The van der Waals surface area contributed by atoms with Gasteiger partial charge in [0, 0.05) is 12.8 Å². The standard InChI is InChI=1S/C14H32N2O6S4/c1-15(2,7-5-13-25(17,18)19)9-11-23-24-12-10-16(3,4)8-6-14-26(20,21)22/h5-14H2,1-4H3/p+2. The zero-order valence-corrected chi connectivity index (χ0v) is 19.4. The van der Waals surface area contributed by atoms with Crippen molar-refractivity contribution < 1.29 is 34.9 Å². The molecule has 0 aliphatic heterocycles. The van der Waals surface area contributed by atoms with Crippen LogP contribution < -0.4 is 0 Å². The van der Waals surface area contributed by atoms with Gasteiger partial charge in [-0.3, -0.25) is 9.11 Å². The van der Waals surface area contributed by atoms with Crippen LogP contribution in [0.25, 0.3) is 0 Å². The average molecular weight is 455 g/mol. The summed E-state index contributed by atoms with van der Waals surface area (Å²) in [5, 5.41) is 0. The van der Waals surface area contributed by atoms with Gasteiger partial charge in [-0.15, -0.1) is 0 Å². The van der Waals surface area contributed by atoms with Gasteiger partial charge in [0.05, 0.1) is 77.4 Å². The molecule has 12 heteroatoms. The summed E-state index contributed by atoms with van der Waals surface area (Å²) in [6.45, 7) is 3.22. The molecule has 0 amide bonds. The second-order valence-corrected chi connectivity index (χ2v) is 13.5. The van der Waals surface area contributed by atoms with Crippen molar-refractivity contribution in [3.8, 4) is 0 Å². The van der Waals surface area contributed by atoms with Crippen molar-refractivity contribution in [1.29, 1.82) is 0 Å². The van der Waals surface area contributed by atoms with Crippen LogP contribution in [0.4, 0.5) is 0 Å². The van der Waals surface area contributed by atoms with E-state index in [0.717, 1.165) is 24.6 Å². The van der Waals surface area contributed by atoms with Crippen molar-refractivity contribution in [2.45, 2.75) is 12.8 Å². The van der Waals surface area contributed by atoms with Crippen LogP contribution in [0.5, 0.6) is 0 Å². The smallest absolute Gasteiger partial charge is 0.265 e. The van der Waals surface area contributed by atoms with E-state index in [2.05, 4.69) is 0 Å². The van der Waals surface area contributed by atoms with Crippen LogP contribution in [-0.2, 0) is 20.2 Å². The molecule has 0 aromatic rings. The molecule has 0 aromatic carbocycles. The molecule has 0 aliphatic rings. The Morgan fingerprint density at radius 3 is 1.23 bits per heavy atom. The quantitative estimate of drug-likeness (QED) is 0.164. The van der Waals surface area contributed by atoms with Crippen molar-refractivity contribution in [3.63, 3.8) is 0 Å². The highest BCUT2D eigenvalue weighted by Gasteiger charge is 2.18. The van der Waals surface area contributed by atoms with E-state index in [1.165, 1.54) is 0 Å².